The Balaban J connectivity index is 2.46. The molecular weight excluding hydrogens is 312 g/mol. The van der Waals surface area contributed by atoms with Crippen LogP contribution in [0.1, 0.15) is 11.1 Å². The van der Waals surface area contributed by atoms with E-state index in [-0.39, 0.29) is 11.4 Å². The molecule has 0 unspecified atom stereocenters. The molecule has 0 fully saturated rings. The summed E-state index contributed by atoms with van der Waals surface area (Å²) in [6.07, 6.45) is 1.59. The number of nitrogens with zero attached hydrogens (tertiary/aromatic N) is 2. The van der Waals surface area contributed by atoms with Crippen LogP contribution in [0.4, 0.5) is 5.69 Å². The number of aromatic nitrogens is 1. The average Bonchev–Trinajstić information content (AvgIpc) is 2.34. The quantitative estimate of drug-likeness (QED) is 0.628. The number of halogens is 1. The molecule has 0 N–H and O–H groups in total. The second-order valence-electron chi connectivity index (χ2n) is 4.06. The van der Waals surface area contributed by atoms with E-state index in [0.717, 1.165) is 10.0 Å². The van der Waals surface area contributed by atoms with Crippen molar-refractivity contribution in [3.05, 3.63) is 56.2 Å². The van der Waals surface area contributed by atoms with Gasteiger partial charge in [0.05, 0.1) is 4.92 Å². The molecule has 0 aliphatic carbocycles. The summed E-state index contributed by atoms with van der Waals surface area (Å²) in [6, 6.07) is 6.64. The van der Waals surface area contributed by atoms with Gasteiger partial charge in [-0.05, 0) is 41.4 Å². The van der Waals surface area contributed by atoms with Crippen LogP contribution in [0, 0.1) is 24.0 Å². The normalized spacial score (nSPS) is 10.3. The third-order valence-corrected chi connectivity index (χ3v) is 3.02. The van der Waals surface area contributed by atoms with Gasteiger partial charge in [0.25, 0.3) is 0 Å². The molecule has 0 saturated heterocycles. The fraction of sp³-hybridized carbons (Fsp3) is 0.154. The number of rotatable bonds is 3. The summed E-state index contributed by atoms with van der Waals surface area (Å²) in [5.41, 5.74) is 1.43. The number of pyridine rings is 1. The van der Waals surface area contributed by atoms with Gasteiger partial charge in [0.1, 0.15) is 0 Å². The fourth-order valence-corrected chi connectivity index (χ4v) is 2.09. The molecule has 1 aromatic carbocycles. The Bertz CT molecular complexity index is 644. The minimum atomic E-state index is -0.462. The molecule has 2 aromatic rings. The van der Waals surface area contributed by atoms with E-state index in [9.17, 15) is 10.1 Å². The van der Waals surface area contributed by atoms with Crippen LogP contribution in [-0.2, 0) is 0 Å². The highest BCUT2D eigenvalue weighted by Crippen LogP contribution is 2.34. The highest BCUT2D eigenvalue weighted by atomic mass is 79.9. The number of nitro benzene ring substituents is 1. The Kier molecular flexibility index (Phi) is 3.80. The minimum Gasteiger partial charge on any atom is -0.431 e. The van der Waals surface area contributed by atoms with Gasteiger partial charge in [0, 0.05) is 22.3 Å². The van der Waals surface area contributed by atoms with Crippen LogP contribution in [0.15, 0.2) is 34.9 Å². The summed E-state index contributed by atoms with van der Waals surface area (Å²) in [7, 11) is 0. The van der Waals surface area contributed by atoms with Crippen molar-refractivity contribution in [2.45, 2.75) is 13.8 Å². The maximum absolute atomic E-state index is 11.0. The first kappa shape index (κ1) is 13.5. The van der Waals surface area contributed by atoms with Gasteiger partial charge in [-0.25, -0.2) is 4.98 Å². The highest BCUT2D eigenvalue weighted by molar-refractivity contribution is 9.10. The zero-order chi connectivity index (χ0) is 14.0. The smallest absolute Gasteiger partial charge is 0.311 e. The molecular formula is C13H11BrN2O3. The first-order valence-corrected chi connectivity index (χ1v) is 6.32. The lowest BCUT2D eigenvalue weighted by Crippen LogP contribution is -1.98. The van der Waals surface area contributed by atoms with Crippen molar-refractivity contribution < 1.29 is 9.66 Å². The average molecular weight is 323 g/mol. The largest absolute Gasteiger partial charge is 0.431 e. The van der Waals surface area contributed by atoms with Gasteiger partial charge >= 0.3 is 5.69 Å². The number of hydrogen-bond acceptors (Lipinski definition) is 4. The summed E-state index contributed by atoms with van der Waals surface area (Å²) >= 11 is 3.31. The molecule has 98 valence electrons. The summed E-state index contributed by atoms with van der Waals surface area (Å²) in [5, 5.41) is 11.0. The lowest BCUT2D eigenvalue weighted by atomic mass is 10.2. The maximum atomic E-state index is 11.0. The number of aryl methyl sites for hydroxylation is 2. The number of ether oxygens (including phenoxy) is 1. The van der Waals surface area contributed by atoms with Gasteiger partial charge < -0.3 is 4.74 Å². The van der Waals surface area contributed by atoms with Gasteiger partial charge in [-0.1, -0.05) is 12.1 Å². The second kappa shape index (κ2) is 5.36. The van der Waals surface area contributed by atoms with Crippen LogP contribution in [0.5, 0.6) is 11.6 Å². The highest BCUT2D eigenvalue weighted by Gasteiger charge is 2.18. The third kappa shape index (κ3) is 2.90. The van der Waals surface area contributed by atoms with E-state index in [2.05, 4.69) is 20.9 Å². The molecule has 0 spiro atoms. The lowest BCUT2D eigenvalue weighted by molar-refractivity contribution is -0.385. The minimum absolute atomic E-state index is 0.0656. The third-order valence-electron chi connectivity index (χ3n) is 2.58. The molecule has 0 bridgehead atoms. The molecule has 1 heterocycles. The van der Waals surface area contributed by atoms with Crippen molar-refractivity contribution in [3.8, 4) is 11.6 Å². The molecule has 0 saturated carbocycles. The molecule has 0 aliphatic heterocycles. The number of hydrogen-bond donors (Lipinski definition) is 0. The Morgan fingerprint density at radius 2 is 2.05 bits per heavy atom. The molecule has 1 aromatic heterocycles. The Labute approximate surface area is 118 Å². The number of benzene rings is 1. The predicted molar refractivity (Wildman–Crippen MR) is 74.6 cm³/mol. The first-order valence-electron chi connectivity index (χ1n) is 5.53. The van der Waals surface area contributed by atoms with Gasteiger partial charge in [-0.3, -0.25) is 10.1 Å². The fourth-order valence-electron chi connectivity index (χ4n) is 1.64. The van der Waals surface area contributed by atoms with Crippen molar-refractivity contribution in [1.82, 2.24) is 4.98 Å². The van der Waals surface area contributed by atoms with E-state index in [1.807, 2.05) is 13.0 Å². The molecule has 0 radical (unpaired) electrons. The topological polar surface area (TPSA) is 65.3 Å². The molecule has 0 aliphatic rings. The van der Waals surface area contributed by atoms with Crippen molar-refractivity contribution in [3.63, 3.8) is 0 Å². The van der Waals surface area contributed by atoms with E-state index < -0.39 is 4.92 Å². The van der Waals surface area contributed by atoms with Crippen LogP contribution >= 0.6 is 15.9 Å². The monoisotopic (exact) mass is 322 g/mol. The molecule has 0 amide bonds. The molecule has 0 atom stereocenters. The Hall–Kier alpha value is -1.95. The second-order valence-corrected chi connectivity index (χ2v) is 4.97. The first-order chi connectivity index (χ1) is 8.99. The van der Waals surface area contributed by atoms with Crippen molar-refractivity contribution >= 4 is 21.6 Å². The summed E-state index contributed by atoms with van der Waals surface area (Å²) < 4.78 is 6.44. The standard InChI is InChI=1S/C13H11BrN2O3/c1-8-4-3-5-11(16(17)18)12(8)19-13-9(2)6-10(14)7-15-13/h3-7H,1-2H3. The SMILES string of the molecule is Cc1cc(Br)cnc1Oc1c(C)cccc1[N+](=O)[O-]. The van der Waals surface area contributed by atoms with Crippen LogP contribution < -0.4 is 4.74 Å². The summed E-state index contributed by atoms with van der Waals surface area (Å²) in [5.74, 6) is 0.589. The van der Waals surface area contributed by atoms with Gasteiger partial charge in [0.15, 0.2) is 0 Å². The predicted octanol–water partition coefficient (Wildman–Crippen LogP) is 4.16. The van der Waals surface area contributed by atoms with E-state index in [4.69, 9.17) is 4.74 Å². The van der Waals surface area contributed by atoms with E-state index in [1.54, 1.807) is 25.3 Å². The van der Waals surface area contributed by atoms with Crippen molar-refractivity contribution in [2.75, 3.05) is 0 Å². The summed E-state index contributed by atoms with van der Waals surface area (Å²) in [6.45, 7) is 3.59. The van der Waals surface area contributed by atoms with E-state index >= 15 is 0 Å². The molecule has 19 heavy (non-hydrogen) atoms. The Morgan fingerprint density at radius 3 is 2.68 bits per heavy atom. The van der Waals surface area contributed by atoms with Gasteiger partial charge in [-0.15, -0.1) is 0 Å². The van der Waals surface area contributed by atoms with Crippen LogP contribution in [0.3, 0.4) is 0 Å². The lowest BCUT2D eigenvalue weighted by Gasteiger charge is -2.10. The van der Waals surface area contributed by atoms with Crippen molar-refractivity contribution in [2.24, 2.45) is 0 Å². The zero-order valence-electron chi connectivity index (χ0n) is 10.4. The van der Waals surface area contributed by atoms with Crippen molar-refractivity contribution in [1.29, 1.82) is 0 Å². The number of nitro groups is 1. The maximum Gasteiger partial charge on any atom is 0.311 e. The molecule has 6 heteroatoms. The zero-order valence-corrected chi connectivity index (χ0v) is 12.0. The molecule has 2 rings (SSSR count). The van der Waals surface area contributed by atoms with E-state index in [0.29, 0.717) is 11.4 Å². The molecule has 5 nitrogen and oxygen atoms in total. The van der Waals surface area contributed by atoms with Gasteiger partial charge in [-0.2, -0.15) is 0 Å². The summed E-state index contributed by atoms with van der Waals surface area (Å²) in [4.78, 5) is 14.7. The number of para-hydroxylation sites is 1. The van der Waals surface area contributed by atoms with E-state index in [1.165, 1.54) is 6.07 Å². The van der Waals surface area contributed by atoms with Crippen LogP contribution in [0.25, 0.3) is 0 Å². The van der Waals surface area contributed by atoms with Crippen LogP contribution in [-0.4, -0.2) is 9.91 Å². The Morgan fingerprint density at radius 1 is 1.32 bits per heavy atom. The van der Waals surface area contributed by atoms with Gasteiger partial charge in [0.2, 0.25) is 11.6 Å². The van der Waals surface area contributed by atoms with Crippen LogP contribution in [0.2, 0.25) is 0 Å².